The number of aliphatic hydroxyl groups is 2. The monoisotopic (exact) mass is 355 g/mol. The molecule has 4 nitrogen and oxygen atoms in total. The molecule has 24 heavy (non-hydrogen) atoms. The van der Waals surface area contributed by atoms with Crippen LogP contribution >= 0.6 is 12.4 Å². The van der Waals surface area contributed by atoms with Gasteiger partial charge in [-0.15, -0.1) is 12.4 Å². The maximum Gasteiger partial charge on any atom is 0.119 e. The van der Waals surface area contributed by atoms with Crippen molar-refractivity contribution in [2.75, 3.05) is 19.7 Å². The van der Waals surface area contributed by atoms with E-state index in [-0.39, 0.29) is 18.4 Å². The van der Waals surface area contributed by atoms with Crippen LogP contribution in [0.4, 0.5) is 0 Å². The fourth-order valence-electron chi connectivity index (χ4n) is 4.72. The Morgan fingerprint density at radius 1 is 1.08 bits per heavy atom. The molecule has 2 aliphatic rings. The van der Waals surface area contributed by atoms with Gasteiger partial charge in [0, 0.05) is 19.1 Å². The van der Waals surface area contributed by atoms with E-state index in [1.807, 2.05) is 31.2 Å². The summed E-state index contributed by atoms with van der Waals surface area (Å²) in [5.74, 6) is 0.840. The first-order valence-corrected chi connectivity index (χ1v) is 8.98. The van der Waals surface area contributed by atoms with E-state index in [1.54, 1.807) is 0 Å². The SMILES string of the molecule is CCCC1N2CCC(O)C1(c1ccc(OCC)cc1)C(O)CC2.Cl. The lowest BCUT2D eigenvalue weighted by atomic mass is 9.59. The van der Waals surface area contributed by atoms with E-state index in [0.29, 0.717) is 6.61 Å². The third-order valence-corrected chi connectivity index (χ3v) is 5.70. The Balaban J connectivity index is 0.00000208. The Morgan fingerprint density at radius 2 is 1.67 bits per heavy atom. The molecule has 3 rings (SSSR count). The van der Waals surface area contributed by atoms with E-state index in [1.165, 1.54) is 0 Å². The predicted octanol–water partition coefficient (Wildman–Crippen LogP) is 2.74. The number of piperidine rings is 2. The Kier molecular flexibility index (Phi) is 6.54. The highest BCUT2D eigenvalue weighted by molar-refractivity contribution is 5.85. The average Bonchev–Trinajstić information content (AvgIpc) is 2.55. The number of benzene rings is 1. The van der Waals surface area contributed by atoms with Crippen molar-refractivity contribution in [1.82, 2.24) is 4.90 Å². The number of halogens is 1. The van der Waals surface area contributed by atoms with Crippen molar-refractivity contribution in [3.63, 3.8) is 0 Å². The molecule has 2 saturated heterocycles. The molecule has 3 atom stereocenters. The summed E-state index contributed by atoms with van der Waals surface area (Å²) in [7, 11) is 0. The Hall–Kier alpha value is -0.810. The Morgan fingerprint density at radius 3 is 2.17 bits per heavy atom. The zero-order valence-electron chi connectivity index (χ0n) is 14.6. The molecule has 1 aromatic carbocycles. The summed E-state index contributed by atoms with van der Waals surface area (Å²) in [4.78, 5) is 2.47. The lowest BCUT2D eigenvalue weighted by Crippen LogP contribution is -2.70. The fourth-order valence-corrected chi connectivity index (χ4v) is 4.72. The number of ether oxygens (including phenoxy) is 1. The van der Waals surface area contributed by atoms with Gasteiger partial charge in [0.15, 0.2) is 0 Å². The van der Waals surface area contributed by atoms with Gasteiger partial charge in [0.05, 0.1) is 24.2 Å². The van der Waals surface area contributed by atoms with Crippen LogP contribution < -0.4 is 4.74 Å². The van der Waals surface area contributed by atoms with E-state index >= 15 is 0 Å². The lowest BCUT2D eigenvalue weighted by molar-refractivity contribution is -0.134. The lowest BCUT2D eigenvalue weighted by Gasteiger charge is -2.59. The summed E-state index contributed by atoms with van der Waals surface area (Å²) in [5.41, 5.74) is 0.473. The standard InChI is InChI=1S/C19H29NO3.ClH/c1-3-5-16-19(14-6-8-15(9-7-14)23-4-2)17(21)10-12-20(16)13-11-18(19)22;/h6-9,16-18,21-22H,3-5,10-13H2,1-2H3;1H. The van der Waals surface area contributed by atoms with Crippen LogP contribution in [0.25, 0.3) is 0 Å². The quantitative estimate of drug-likeness (QED) is 0.852. The summed E-state index contributed by atoms with van der Waals surface area (Å²) in [5, 5.41) is 21.9. The summed E-state index contributed by atoms with van der Waals surface area (Å²) < 4.78 is 5.54. The van der Waals surface area contributed by atoms with Crippen molar-refractivity contribution in [2.45, 2.75) is 63.2 Å². The van der Waals surface area contributed by atoms with Crippen molar-refractivity contribution in [3.8, 4) is 5.75 Å². The third-order valence-electron chi connectivity index (χ3n) is 5.70. The summed E-state index contributed by atoms with van der Waals surface area (Å²) >= 11 is 0. The second kappa shape index (κ2) is 8.05. The molecule has 0 spiro atoms. The van der Waals surface area contributed by atoms with Crippen LogP contribution in [0.1, 0.15) is 45.1 Å². The van der Waals surface area contributed by atoms with Crippen LogP contribution in [-0.2, 0) is 5.41 Å². The molecule has 2 fully saturated rings. The molecule has 0 aliphatic carbocycles. The van der Waals surface area contributed by atoms with Gasteiger partial charge in [-0.05, 0) is 43.9 Å². The van der Waals surface area contributed by atoms with Gasteiger partial charge >= 0.3 is 0 Å². The minimum atomic E-state index is -0.572. The molecule has 3 unspecified atom stereocenters. The van der Waals surface area contributed by atoms with E-state index < -0.39 is 17.6 Å². The first-order chi connectivity index (χ1) is 11.1. The van der Waals surface area contributed by atoms with Gasteiger partial charge in [-0.2, -0.15) is 0 Å². The van der Waals surface area contributed by atoms with Crippen LogP contribution in [0.2, 0.25) is 0 Å². The van der Waals surface area contributed by atoms with Gasteiger partial charge < -0.3 is 14.9 Å². The third kappa shape index (κ3) is 3.05. The summed E-state index contributed by atoms with van der Waals surface area (Å²) in [6.07, 6.45) is 2.52. The second-order valence-corrected chi connectivity index (χ2v) is 6.84. The van der Waals surface area contributed by atoms with Crippen LogP contribution in [-0.4, -0.2) is 53.1 Å². The largest absolute Gasteiger partial charge is 0.494 e. The topological polar surface area (TPSA) is 52.9 Å². The average molecular weight is 356 g/mol. The molecule has 5 heteroatoms. The first-order valence-electron chi connectivity index (χ1n) is 8.98. The van der Waals surface area contributed by atoms with E-state index in [9.17, 15) is 10.2 Å². The minimum Gasteiger partial charge on any atom is -0.494 e. The highest BCUT2D eigenvalue weighted by atomic mass is 35.5. The van der Waals surface area contributed by atoms with E-state index in [4.69, 9.17) is 4.74 Å². The van der Waals surface area contributed by atoms with Crippen LogP contribution in [0, 0.1) is 0 Å². The predicted molar refractivity (Wildman–Crippen MR) is 98.1 cm³/mol. The number of rotatable bonds is 5. The van der Waals surface area contributed by atoms with Crippen molar-refractivity contribution in [1.29, 1.82) is 0 Å². The van der Waals surface area contributed by atoms with Gasteiger partial charge in [-0.1, -0.05) is 25.5 Å². The highest BCUT2D eigenvalue weighted by Crippen LogP contribution is 2.48. The molecular formula is C19H30ClNO3. The molecule has 0 aromatic heterocycles. The van der Waals surface area contributed by atoms with Crippen LogP contribution in [0.15, 0.2) is 24.3 Å². The number of fused-ring (bicyclic) bond motifs is 2. The molecule has 2 aliphatic heterocycles. The second-order valence-electron chi connectivity index (χ2n) is 6.84. The minimum absolute atomic E-state index is 0. The van der Waals surface area contributed by atoms with Crippen LogP contribution in [0.3, 0.4) is 0 Å². The molecular weight excluding hydrogens is 326 g/mol. The molecule has 1 aromatic rings. The van der Waals surface area contributed by atoms with Gasteiger partial charge in [-0.3, -0.25) is 4.90 Å². The van der Waals surface area contributed by atoms with Gasteiger partial charge in [-0.25, -0.2) is 0 Å². The summed E-state index contributed by atoms with van der Waals surface area (Å²) in [6, 6.07) is 8.20. The van der Waals surface area contributed by atoms with E-state index in [0.717, 1.165) is 50.1 Å². The molecule has 2 bridgehead atoms. The molecule has 136 valence electrons. The maximum absolute atomic E-state index is 10.9. The van der Waals surface area contributed by atoms with Crippen molar-refractivity contribution in [3.05, 3.63) is 29.8 Å². The van der Waals surface area contributed by atoms with E-state index in [2.05, 4.69) is 11.8 Å². The number of hydrogen-bond donors (Lipinski definition) is 2. The smallest absolute Gasteiger partial charge is 0.119 e. The number of aliphatic hydroxyl groups excluding tert-OH is 2. The molecule has 0 amide bonds. The molecule has 0 saturated carbocycles. The molecule has 0 radical (unpaired) electrons. The van der Waals surface area contributed by atoms with Gasteiger partial charge in [0.25, 0.3) is 0 Å². The summed E-state index contributed by atoms with van der Waals surface area (Å²) in [6.45, 7) is 6.64. The fraction of sp³-hybridized carbons (Fsp3) is 0.684. The van der Waals surface area contributed by atoms with Crippen molar-refractivity contribution in [2.24, 2.45) is 0 Å². The van der Waals surface area contributed by atoms with Crippen LogP contribution in [0.5, 0.6) is 5.75 Å². The van der Waals surface area contributed by atoms with Crippen molar-refractivity contribution >= 4 is 12.4 Å². The molecule has 2 N–H and O–H groups in total. The Bertz CT molecular complexity index is 508. The van der Waals surface area contributed by atoms with Gasteiger partial charge in [0.1, 0.15) is 5.75 Å². The highest BCUT2D eigenvalue weighted by Gasteiger charge is 2.57. The number of hydrogen-bond acceptors (Lipinski definition) is 4. The molecule has 2 heterocycles. The Labute approximate surface area is 151 Å². The zero-order chi connectivity index (χ0) is 16.4. The maximum atomic E-state index is 10.9. The normalized spacial score (nSPS) is 35.2. The van der Waals surface area contributed by atoms with Crippen molar-refractivity contribution < 1.29 is 14.9 Å². The zero-order valence-corrected chi connectivity index (χ0v) is 15.5. The number of nitrogens with zero attached hydrogens (tertiary/aromatic N) is 1. The van der Waals surface area contributed by atoms with Gasteiger partial charge in [0.2, 0.25) is 0 Å². The first kappa shape index (κ1) is 19.5.